The molecule has 2 aromatic carbocycles. The molecule has 110 valence electrons. The van der Waals surface area contributed by atoms with Crippen LogP contribution in [0.15, 0.2) is 45.8 Å². The van der Waals surface area contributed by atoms with E-state index >= 15 is 0 Å². The van der Waals surface area contributed by atoms with Crippen LogP contribution in [0.25, 0.3) is 0 Å². The van der Waals surface area contributed by atoms with E-state index in [1.165, 1.54) is 4.90 Å². The van der Waals surface area contributed by atoms with Gasteiger partial charge in [-0.15, -0.1) is 11.8 Å². The van der Waals surface area contributed by atoms with Crippen LogP contribution in [0.2, 0.25) is 0 Å². The fourth-order valence-corrected chi connectivity index (χ4v) is 3.19. The van der Waals surface area contributed by atoms with Crippen molar-refractivity contribution < 1.29 is 9.47 Å². The van der Waals surface area contributed by atoms with Crippen molar-refractivity contribution in [2.75, 3.05) is 24.8 Å². The van der Waals surface area contributed by atoms with E-state index in [1.807, 2.05) is 6.07 Å². The SMILES string of the molecule is CSc1ccc(NCc2cc(Br)c3c(c2)OCCO3)cc1. The molecule has 1 N–H and O–H groups in total. The predicted molar refractivity (Wildman–Crippen MR) is 90.7 cm³/mol. The summed E-state index contributed by atoms with van der Waals surface area (Å²) in [6.45, 7) is 1.95. The van der Waals surface area contributed by atoms with E-state index in [-0.39, 0.29) is 0 Å². The van der Waals surface area contributed by atoms with Crippen LogP contribution >= 0.6 is 27.7 Å². The van der Waals surface area contributed by atoms with Crippen molar-refractivity contribution in [2.24, 2.45) is 0 Å². The van der Waals surface area contributed by atoms with Crippen LogP contribution in [-0.4, -0.2) is 19.5 Å². The number of ether oxygens (including phenoxy) is 2. The van der Waals surface area contributed by atoms with Crippen LogP contribution < -0.4 is 14.8 Å². The van der Waals surface area contributed by atoms with Gasteiger partial charge in [-0.25, -0.2) is 0 Å². The lowest BCUT2D eigenvalue weighted by molar-refractivity contribution is 0.170. The van der Waals surface area contributed by atoms with Gasteiger partial charge in [-0.2, -0.15) is 0 Å². The molecule has 5 heteroatoms. The molecule has 2 aromatic rings. The van der Waals surface area contributed by atoms with Gasteiger partial charge in [-0.3, -0.25) is 0 Å². The van der Waals surface area contributed by atoms with Crippen molar-refractivity contribution in [1.82, 2.24) is 0 Å². The number of fused-ring (bicyclic) bond motifs is 1. The molecule has 3 nitrogen and oxygen atoms in total. The highest BCUT2D eigenvalue weighted by Crippen LogP contribution is 2.38. The molecule has 0 fully saturated rings. The van der Waals surface area contributed by atoms with Gasteiger partial charge < -0.3 is 14.8 Å². The van der Waals surface area contributed by atoms with Gasteiger partial charge in [0.2, 0.25) is 0 Å². The zero-order valence-electron chi connectivity index (χ0n) is 11.7. The summed E-state index contributed by atoms with van der Waals surface area (Å²) >= 11 is 5.29. The summed E-state index contributed by atoms with van der Waals surface area (Å²) in [7, 11) is 0. The average Bonchev–Trinajstić information content (AvgIpc) is 2.53. The van der Waals surface area contributed by atoms with Crippen molar-refractivity contribution >= 4 is 33.4 Å². The van der Waals surface area contributed by atoms with Crippen molar-refractivity contribution in [3.05, 3.63) is 46.4 Å². The van der Waals surface area contributed by atoms with Gasteiger partial charge in [0.25, 0.3) is 0 Å². The lowest BCUT2D eigenvalue weighted by atomic mass is 10.2. The summed E-state index contributed by atoms with van der Waals surface area (Å²) in [5.74, 6) is 1.61. The monoisotopic (exact) mass is 365 g/mol. The van der Waals surface area contributed by atoms with Gasteiger partial charge in [-0.1, -0.05) is 0 Å². The summed E-state index contributed by atoms with van der Waals surface area (Å²) < 4.78 is 12.2. The maximum absolute atomic E-state index is 5.64. The Morgan fingerprint density at radius 1 is 1.14 bits per heavy atom. The minimum Gasteiger partial charge on any atom is -0.486 e. The van der Waals surface area contributed by atoms with E-state index in [9.17, 15) is 0 Å². The molecule has 0 amide bonds. The first-order valence-electron chi connectivity index (χ1n) is 6.72. The predicted octanol–water partition coefficient (Wildman–Crippen LogP) is 4.55. The molecular weight excluding hydrogens is 350 g/mol. The Hall–Kier alpha value is -1.33. The Labute approximate surface area is 137 Å². The molecule has 0 bridgehead atoms. The Balaban J connectivity index is 1.71. The molecule has 0 saturated carbocycles. The first-order valence-corrected chi connectivity index (χ1v) is 8.74. The zero-order valence-corrected chi connectivity index (χ0v) is 14.1. The largest absolute Gasteiger partial charge is 0.486 e. The van der Waals surface area contributed by atoms with Crippen molar-refractivity contribution in [1.29, 1.82) is 0 Å². The number of anilines is 1. The van der Waals surface area contributed by atoms with E-state index in [4.69, 9.17) is 9.47 Å². The molecule has 0 radical (unpaired) electrons. The first-order chi connectivity index (χ1) is 10.3. The summed E-state index contributed by atoms with van der Waals surface area (Å²) in [6.07, 6.45) is 2.08. The van der Waals surface area contributed by atoms with E-state index in [0.29, 0.717) is 13.2 Å². The summed E-state index contributed by atoms with van der Waals surface area (Å²) in [6, 6.07) is 12.5. The fraction of sp³-hybridized carbons (Fsp3) is 0.250. The van der Waals surface area contributed by atoms with Crippen LogP contribution in [-0.2, 0) is 6.54 Å². The highest BCUT2D eigenvalue weighted by atomic mass is 79.9. The lowest BCUT2D eigenvalue weighted by Crippen LogP contribution is -2.16. The van der Waals surface area contributed by atoms with Gasteiger partial charge in [0.1, 0.15) is 13.2 Å². The number of nitrogens with one attached hydrogen (secondary N) is 1. The molecule has 1 aliphatic rings. The topological polar surface area (TPSA) is 30.5 Å². The second-order valence-electron chi connectivity index (χ2n) is 4.68. The van der Waals surface area contributed by atoms with Gasteiger partial charge in [0, 0.05) is 17.1 Å². The molecule has 0 spiro atoms. The standard InChI is InChI=1S/C16H16BrNO2S/c1-21-13-4-2-12(3-5-13)18-10-11-8-14(17)16-15(9-11)19-6-7-20-16/h2-5,8-9,18H,6-7,10H2,1H3. The van der Waals surface area contributed by atoms with Crippen LogP contribution in [0.5, 0.6) is 11.5 Å². The Kier molecular flexibility index (Phi) is 4.60. The number of hydrogen-bond donors (Lipinski definition) is 1. The molecule has 0 aromatic heterocycles. The summed E-state index contributed by atoms with van der Waals surface area (Å²) in [4.78, 5) is 1.27. The lowest BCUT2D eigenvalue weighted by Gasteiger charge is -2.20. The number of halogens is 1. The molecule has 1 aliphatic heterocycles. The quantitative estimate of drug-likeness (QED) is 0.804. The van der Waals surface area contributed by atoms with Crippen molar-refractivity contribution in [3.8, 4) is 11.5 Å². The number of hydrogen-bond acceptors (Lipinski definition) is 4. The molecule has 0 saturated heterocycles. The molecule has 21 heavy (non-hydrogen) atoms. The van der Waals surface area contributed by atoms with Gasteiger partial charge >= 0.3 is 0 Å². The van der Waals surface area contributed by atoms with Gasteiger partial charge in [-0.05, 0) is 64.1 Å². The number of rotatable bonds is 4. The van der Waals surface area contributed by atoms with Crippen LogP contribution in [0.3, 0.4) is 0 Å². The number of thioether (sulfide) groups is 1. The fourth-order valence-electron chi connectivity index (χ4n) is 2.18. The number of benzene rings is 2. The zero-order chi connectivity index (χ0) is 14.7. The molecule has 0 aliphatic carbocycles. The van der Waals surface area contributed by atoms with Gasteiger partial charge in [0.15, 0.2) is 11.5 Å². The van der Waals surface area contributed by atoms with E-state index in [2.05, 4.69) is 57.8 Å². The van der Waals surface area contributed by atoms with Crippen molar-refractivity contribution in [2.45, 2.75) is 11.4 Å². The van der Waals surface area contributed by atoms with Crippen LogP contribution in [0.1, 0.15) is 5.56 Å². The minimum atomic E-state index is 0.602. The van der Waals surface area contributed by atoms with Gasteiger partial charge in [0.05, 0.1) is 4.47 Å². The molecule has 1 heterocycles. The van der Waals surface area contributed by atoms with Crippen LogP contribution in [0, 0.1) is 0 Å². The third-order valence-corrected chi connectivity index (χ3v) is 4.58. The Bertz CT molecular complexity index is 631. The minimum absolute atomic E-state index is 0.602. The van der Waals surface area contributed by atoms with Crippen LogP contribution in [0.4, 0.5) is 5.69 Å². The second-order valence-corrected chi connectivity index (χ2v) is 6.42. The highest BCUT2D eigenvalue weighted by molar-refractivity contribution is 9.10. The van der Waals surface area contributed by atoms with Crippen molar-refractivity contribution in [3.63, 3.8) is 0 Å². The molecular formula is C16H16BrNO2S. The average molecular weight is 366 g/mol. The Morgan fingerprint density at radius 2 is 1.90 bits per heavy atom. The second kappa shape index (κ2) is 6.62. The third kappa shape index (κ3) is 3.47. The van der Waals surface area contributed by atoms with E-state index < -0.39 is 0 Å². The maximum Gasteiger partial charge on any atom is 0.175 e. The van der Waals surface area contributed by atoms with E-state index in [0.717, 1.165) is 33.8 Å². The summed E-state index contributed by atoms with van der Waals surface area (Å²) in [5, 5.41) is 3.42. The maximum atomic E-state index is 5.64. The molecule has 0 unspecified atom stereocenters. The summed E-state index contributed by atoms with van der Waals surface area (Å²) in [5.41, 5.74) is 2.26. The highest BCUT2D eigenvalue weighted by Gasteiger charge is 2.16. The molecule has 3 rings (SSSR count). The third-order valence-electron chi connectivity index (χ3n) is 3.24. The van der Waals surface area contributed by atoms with E-state index in [1.54, 1.807) is 11.8 Å². The smallest absolute Gasteiger partial charge is 0.175 e. The molecule has 0 atom stereocenters. The first kappa shape index (κ1) is 14.6. The Morgan fingerprint density at radius 3 is 2.67 bits per heavy atom. The normalized spacial score (nSPS) is 13.0.